The lowest BCUT2D eigenvalue weighted by molar-refractivity contribution is 0.405. The maximum absolute atomic E-state index is 6.07. The van der Waals surface area contributed by atoms with Crippen molar-refractivity contribution in [3.63, 3.8) is 0 Å². The molecule has 19 heavy (non-hydrogen) atoms. The van der Waals surface area contributed by atoms with Crippen LogP contribution in [0.2, 0.25) is 5.02 Å². The third-order valence-electron chi connectivity index (χ3n) is 3.11. The van der Waals surface area contributed by atoms with Crippen molar-refractivity contribution >= 4 is 34.6 Å². The Hall–Kier alpha value is -1.20. The van der Waals surface area contributed by atoms with Gasteiger partial charge >= 0.3 is 0 Å². The van der Waals surface area contributed by atoms with Gasteiger partial charge in [-0.25, -0.2) is 0 Å². The molecule has 1 N–H and O–H groups in total. The first kappa shape index (κ1) is 14.2. The first-order chi connectivity index (χ1) is 9.15. The van der Waals surface area contributed by atoms with Crippen molar-refractivity contribution in [1.82, 2.24) is 4.90 Å². The van der Waals surface area contributed by atoms with Crippen LogP contribution in [0.5, 0.6) is 11.5 Å². The second-order valence-corrected chi connectivity index (χ2v) is 5.11. The summed E-state index contributed by atoms with van der Waals surface area (Å²) in [6.45, 7) is 2.00. The molecule has 0 saturated carbocycles. The molecule has 1 aromatic rings. The molecule has 1 saturated heterocycles. The van der Waals surface area contributed by atoms with E-state index in [1.165, 1.54) is 12.8 Å². The monoisotopic (exact) mass is 300 g/mol. The molecule has 0 aromatic heterocycles. The van der Waals surface area contributed by atoms with Crippen LogP contribution in [0.25, 0.3) is 0 Å². The minimum Gasteiger partial charge on any atom is -0.495 e. The van der Waals surface area contributed by atoms with E-state index in [9.17, 15) is 0 Å². The maximum Gasteiger partial charge on any atom is 0.173 e. The molecule has 0 aliphatic carbocycles. The Bertz CT molecular complexity index is 476. The minimum atomic E-state index is 0.511. The molecule has 0 radical (unpaired) electrons. The van der Waals surface area contributed by atoms with Crippen LogP contribution in [0.3, 0.4) is 0 Å². The zero-order valence-electron chi connectivity index (χ0n) is 11.0. The van der Waals surface area contributed by atoms with Crippen molar-refractivity contribution in [2.24, 2.45) is 0 Å². The molecule has 0 atom stereocenters. The molecule has 0 bridgehead atoms. The van der Waals surface area contributed by atoms with Gasteiger partial charge in [0.2, 0.25) is 0 Å². The average molecular weight is 301 g/mol. The van der Waals surface area contributed by atoms with Crippen molar-refractivity contribution in [2.75, 3.05) is 32.6 Å². The van der Waals surface area contributed by atoms with Crippen molar-refractivity contribution in [3.8, 4) is 11.5 Å². The molecule has 1 heterocycles. The van der Waals surface area contributed by atoms with Crippen LogP contribution in [-0.2, 0) is 0 Å². The molecule has 1 fully saturated rings. The van der Waals surface area contributed by atoms with E-state index < -0.39 is 0 Å². The Morgan fingerprint density at radius 3 is 2.42 bits per heavy atom. The van der Waals surface area contributed by atoms with E-state index in [-0.39, 0.29) is 0 Å². The Kier molecular flexibility index (Phi) is 4.71. The van der Waals surface area contributed by atoms with Gasteiger partial charge in [0.1, 0.15) is 11.5 Å². The van der Waals surface area contributed by atoms with E-state index in [0.29, 0.717) is 21.6 Å². The molecule has 1 aliphatic rings. The minimum absolute atomic E-state index is 0.511. The van der Waals surface area contributed by atoms with Gasteiger partial charge in [-0.2, -0.15) is 0 Å². The fraction of sp³-hybridized carbons (Fsp3) is 0.462. The van der Waals surface area contributed by atoms with Crippen molar-refractivity contribution in [3.05, 3.63) is 17.2 Å². The third-order valence-corrected chi connectivity index (χ3v) is 3.76. The zero-order valence-corrected chi connectivity index (χ0v) is 12.6. The predicted molar refractivity (Wildman–Crippen MR) is 81.6 cm³/mol. The number of hydrogen-bond acceptors (Lipinski definition) is 3. The summed E-state index contributed by atoms with van der Waals surface area (Å²) >= 11 is 11.5. The molecule has 4 nitrogen and oxygen atoms in total. The van der Waals surface area contributed by atoms with Crippen LogP contribution in [0, 0.1) is 0 Å². The third kappa shape index (κ3) is 3.22. The topological polar surface area (TPSA) is 33.7 Å². The highest BCUT2D eigenvalue weighted by atomic mass is 35.5. The van der Waals surface area contributed by atoms with E-state index in [1.807, 2.05) is 0 Å². The molecular formula is C13H17ClN2O2S. The van der Waals surface area contributed by atoms with E-state index in [4.69, 9.17) is 33.3 Å². The molecule has 1 aliphatic heterocycles. The Labute approximate surface area is 123 Å². The number of halogens is 1. The average Bonchev–Trinajstić information content (AvgIpc) is 2.94. The van der Waals surface area contributed by atoms with Crippen LogP contribution in [0.4, 0.5) is 5.69 Å². The van der Waals surface area contributed by atoms with Gasteiger partial charge in [-0.1, -0.05) is 11.6 Å². The lowest BCUT2D eigenvalue weighted by atomic mass is 10.2. The second-order valence-electron chi connectivity index (χ2n) is 4.31. The first-order valence-corrected chi connectivity index (χ1v) is 6.91. The van der Waals surface area contributed by atoms with E-state index in [2.05, 4.69) is 10.2 Å². The number of nitrogens with zero attached hydrogens (tertiary/aromatic N) is 1. The molecule has 2 rings (SSSR count). The summed E-state index contributed by atoms with van der Waals surface area (Å²) in [7, 11) is 3.18. The van der Waals surface area contributed by atoms with Crippen LogP contribution in [-0.4, -0.2) is 37.3 Å². The molecule has 104 valence electrons. The van der Waals surface area contributed by atoms with Gasteiger partial charge in [-0.3, -0.25) is 0 Å². The number of ether oxygens (including phenoxy) is 2. The van der Waals surface area contributed by atoms with E-state index >= 15 is 0 Å². The summed E-state index contributed by atoms with van der Waals surface area (Å²) in [6.07, 6.45) is 2.37. The Morgan fingerprint density at radius 2 is 1.84 bits per heavy atom. The van der Waals surface area contributed by atoms with Gasteiger partial charge in [0, 0.05) is 25.2 Å². The van der Waals surface area contributed by atoms with Crippen LogP contribution in [0.15, 0.2) is 12.1 Å². The lowest BCUT2D eigenvalue weighted by Gasteiger charge is -2.21. The summed E-state index contributed by atoms with van der Waals surface area (Å²) in [5.41, 5.74) is 0.764. The van der Waals surface area contributed by atoms with Gasteiger partial charge in [0.15, 0.2) is 5.11 Å². The number of benzene rings is 1. The molecule has 1 aromatic carbocycles. The summed E-state index contributed by atoms with van der Waals surface area (Å²) in [4.78, 5) is 2.15. The molecule has 0 amide bonds. The largest absolute Gasteiger partial charge is 0.495 e. The second kappa shape index (κ2) is 6.30. The smallest absolute Gasteiger partial charge is 0.173 e. The lowest BCUT2D eigenvalue weighted by Crippen LogP contribution is -2.32. The standard InChI is InChI=1S/C13H17ClN2O2S/c1-17-11-8-10(12(18-2)7-9(11)14)15-13(19)16-5-3-4-6-16/h7-8H,3-6H2,1-2H3,(H,15,19). The Morgan fingerprint density at radius 1 is 1.21 bits per heavy atom. The summed E-state index contributed by atoms with van der Waals surface area (Å²) < 4.78 is 10.5. The number of hydrogen-bond donors (Lipinski definition) is 1. The van der Waals surface area contributed by atoms with Gasteiger partial charge in [0.05, 0.1) is 24.9 Å². The zero-order chi connectivity index (χ0) is 13.8. The summed E-state index contributed by atoms with van der Waals surface area (Å²) in [6, 6.07) is 3.51. The van der Waals surface area contributed by atoms with Gasteiger partial charge in [0.25, 0.3) is 0 Å². The highest BCUT2D eigenvalue weighted by molar-refractivity contribution is 7.80. The number of anilines is 1. The fourth-order valence-electron chi connectivity index (χ4n) is 2.07. The van der Waals surface area contributed by atoms with E-state index in [1.54, 1.807) is 26.4 Å². The Balaban J connectivity index is 2.20. The number of thiocarbonyl (C=S) groups is 1. The van der Waals surface area contributed by atoms with Crippen molar-refractivity contribution < 1.29 is 9.47 Å². The molecule has 6 heteroatoms. The van der Waals surface area contributed by atoms with Crippen molar-refractivity contribution in [1.29, 1.82) is 0 Å². The van der Waals surface area contributed by atoms with E-state index in [0.717, 1.165) is 18.8 Å². The van der Waals surface area contributed by atoms with Crippen LogP contribution < -0.4 is 14.8 Å². The number of nitrogens with one attached hydrogen (secondary N) is 1. The predicted octanol–water partition coefficient (Wildman–Crippen LogP) is 3.15. The van der Waals surface area contributed by atoms with Gasteiger partial charge in [-0.15, -0.1) is 0 Å². The SMILES string of the molecule is COc1cc(NC(=S)N2CCCC2)c(OC)cc1Cl. The van der Waals surface area contributed by atoms with Gasteiger partial charge in [-0.05, 0) is 25.1 Å². The molecule has 0 spiro atoms. The maximum atomic E-state index is 6.07. The molecular weight excluding hydrogens is 284 g/mol. The quantitative estimate of drug-likeness (QED) is 0.867. The van der Waals surface area contributed by atoms with Crippen molar-refractivity contribution in [2.45, 2.75) is 12.8 Å². The highest BCUT2D eigenvalue weighted by Gasteiger charge is 2.17. The summed E-state index contributed by atoms with van der Waals surface area (Å²) in [5.74, 6) is 1.24. The number of methoxy groups -OCH3 is 2. The molecule has 0 unspecified atom stereocenters. The van der Waals surface area contributed by atoms with Crippen LogP contribution in [0.1, 0.15) is 12.8 Å². The summed E-state index contributed by atoms with van der Waals surface area (Å²) in [5, 5.41) is 4.42. The normalized spacial score (nSPS) is 14.4. The van der Waals surface area contributed by atoms with Gasteiger partial charge < -0.3 is 19.7 Å². The fourth-order valence-corrected chi connectivity index (χ4v) is 2.60. The first-order valence-electron chi connectivity index (χ1n) is 6.13. The number of rotatable bonds is 3. The number of likely N-dealkylation sites (tertiary alicyclic amines) is 1. The van der Waals surface area contributed by atoms with Crippen LogP contribution >= 0.6 is 23.8 Å². The highest BCUT2D eigenvalue weighted by Crippen LogP contribution is 2.36.